The van der Waals surface area contributed by atoms with Gasteiger partial charge < -0.3 is 20.2 Å². The highest BCUT2D eigenvalue weighted by atomic mass is 16.6. The maximum absolute atomic E-state index is 12.8. The number of aliphatic hydroxyl groups is 1. The maximum atomic E-state index is 12.8. The lowest BCUT2D eigenvalue weighted by molar-refractivity contribution is -0.125. The van der Waals surface area contributed by atoms with Crippen LogP contribution in [0.15, 0.2) is 47.1 Å². The molecule has 0 bridgehead atoms. The Morgan fingerprint density at radius 3 is 2.62 bits per heavy atom. The van der Waals surface area contributed by atoms with Crippen LogP contribution in [0.2, 0.25) is 0 Å². The van der Waals surface area contributed by atoms with Crippen molar-refractivity contribution in [2.75, 3.05) is 26.7 Å². The fraction of sp³-hybridized carbons (Fsp3) is 0.692. The van der Waals surface area contributed by atoms with Crippen LogP contribution in [0.5, 0.6) is 0 Å². The first-order valence-corrected chi connectivity index (χ1v) is 17.6. The molecular weight excluding hydrogens is 558 g/mol. The van der Waals surface area contributed by atoms with Crippen LogP contribution in [-0.4, -0.2) is 60.0 Å². The highest BCUT2D eigenvalue weighted by molar-refractivity contribution is 5.96. The zero-order chi connectivity index (χ0) is 32.0. The van der Waals surface area contributed by atoms with Gasteiger partial charge in [-0.05, 0) is 119 Å². The predicted octanol–water partition coefficient (Wildman–Crippen LogP) is 6.49. The number of likely N-dealkylation sites (tertiary alicyclic amines) is 1. The van der Waals surface area contributed by atoms with Crippen molar-refractivity contribution < 1.29 is 14.7 Å². The van der Waals surface area contributed by atoms with Gasteiger partial charge in [0.15, 0.2) is 6.61 Å². The number of carbonyl (C=O) groups excluding carboxylic acids is 1. The monoisotopic (exact) mass is 613 g/mol. The number of benzene rings is 1. The van der Waals surface area contributed by atoms with Gasteiger partial charge in [0.05, 0.1) is 5.71 Å². The van der Waals surface area contributed by atoms with E-state index in [9.17, 15) is 9.90 Å². The van der Waals surface area contributed by atoms with Crippen LogP contribution < -0.4 is 5.32 Å². The minimum atomic E-state index is -0.955. The van der Waals surface area contributed by atoms with Crippen LogP contribution in [0.1, 0.15) is 97.5 Å². The number of rotatable bonds is 7. The summed E-state index contributed by atoms with van der Waals surface area (Å²) in [6.45, 7) is 11.0. The molecule has 2 N–H and O–H groups in total. The Balaban J connectivity index is 1.04. The van der Waals surface area contributed by atoms with E-state index in [0.717, 1.165) is 76.5 Å². The van der Waals surface area contributed by atoms with E-state index in [4.69, 9.17) is 11.3 Å². The third kappa shape index (κ3) is 5.46. The molecule has 9 atom stereocenters. The zero-order valence-corrected chi connectivity index (χ0v) is 28.3. The number of fused-ring (bicyclic) bond motifs is 5. The van der Waals surface area contributed by atoms with Crippen molar-refractivity contribution in [3.05, 3.63) is 47.5 Å². The van der Waals surface area contributed by atoms with Crippen molar-refractivity contribution in [1.29, 1.82) is 0 Å². The van der Waals surface area contributed by atoms with E-state index in [0.29, 0.717) is 36.3 Å². The van der Waals surface area contributed by atoms with Gasteiger partial charge in [-0.2, -0.15) is 0 Å². The number of terminal acetylenes is 1. The molecule has 1 aromatic rings. The van der Waals surface area contributed by atoms with E-state index >= 15 is 0 Å². The van der Waals surface area contributed by atoms with Gasteiger partial charge in [-0.25, -0.2) is 0 Å². The number of piperidine rings is 1. The standard InChI is InChI=1S/C39H55N3O3/c1-7-39(44)20-17-34-32-14-13-30-23-31(15-18-36(30,4)33(32)16-19-37(34,39)5)41-45-26-35(43)40-22-21-38(29-11-9-8-10-12-29)24-28(3)42(6)25-27(38)2/h1,8-12,23,27-28,32-34,44H,13-22,24-26H2,2-6H3,(H,40,43). The lowest BCUT2D eigenvalue weighted by Crippen LogP contribution is -2.54. The molecule has 1 saturated heterocycles. The van der Waals surface area contributed by atoms with Crippen LogP contribution in [0.3, 0.4) is 0 Å². The zero-order valence-electron chi connectivity index (χ0n) is 28.3. The summed E-state index contributed by atoms with van der Waals surface area (Å²) in [5.74, 6) is 4.92. The smallest absolute Gasteiger partial charge is 0.260 e. The number of nitrogens with zero attached hydrogens (tertiary/aromatic N) is 2. The predicted molar refractivity (Wildman–Crippen MR) is 180 cm³/mol. The number of oxime groups is 1. The fourth-order valence-electron chi connectivity index (χ4n) is 10.9. The minimum absolute atomic E-state index is 0.0404. The van der Waals surface area contributed by atoms with Gasteiger partial charge in [0.25, 0.3) is 5.91 Å². The Labute approximate surface area is 271 Å². The second-order valence-corrected chi connectivity index (χ2v) is 15.9. The van der Waals surface area contributed by atoms with Gasteiger partial charge in [-0.3, -0.25) is 4.79 Å². The quantitative estimate of drug-likeness (QED) is 0.272. The first kappa shape index (κ1) is 32.3. The summed E-state index contributed by atoms with van der Waals surface area (Å²) in [6, 6.07) is 11.3. The van der Waals surface area contributed by atoms with Gasteiger partial charge in [-0.1, -0.05) is 67.8 Å². The Bertz CT molecular complexity index is 1370. The second kappa shape index (κ2) is 12.2. The highest BCUT2D eigenvalue weighted by Crippen LogP contribution is 2.67. The molecule has 6 heteroatoms. The van der Waals surface area contributed by atoms with E-state index < -0.39 is 5.60 Å². The lowest BCUT2D eigenvalue weighted by atomic mass is 9.46. The van der Waals surface area contributed by atoms with E-state index in [-0.39, 0.29) is 28.8 Å². The SMILES string of the molecule is C#CC1(O)CCC2C3CCC4=CC(=NOCC(=O)NCCC5(c6ccccc6)CC(C)N(C)CC5C)CCC4(C)C3CCC21C. The molecule has 9 unspecified atom stereocenters. The first-order chi connectivity index (χ1) is 21.5. The molecule has 0 aromatic heterocycles. The van der Waals surface area contributed by atoms with Crippen molar-refractivity contribution >= 4 is 11.6 Å². The van der Waals surface area contributed by atoms with Gasteiger partial charge in [0, 0.05) is 30.0 Å². The molecule has 1 aliphatic heterocycles. The van der Waals surface area contributed by atoms with Crippen molar-refractivity contribution in [3.8, 4) is 12.3 Å². The number of hydrogen-bond donors (Lipinski definition) is 2. The summed E-state index contributed by atoms with van der Waals surface area (Å²) in [4.78, 5) is 20.9. The molecule has 3 saturated carbocycles. The lowest BCUT2D eigenvalue weighted by Gasteiger charge is -2.58. The van der Waals surface area contributed by atoms with E-state index in [1.54, 1.807) is 0 Å². The Morgan fingerprint density at radius 2 is 1.87 bits per heavy atom. The molecule has 1 amide bonds. The molecule has 0 spiro atoms. The molecule has 4 aliphatic carbocycles. The number of allylic oxidation sites excluding steroid dienone is 2. The summed E-state index contributed by atoms with van der Waals surface area (Å²) >= 11 is 0. The number of amides is 1. The molecule has 45 heavy (non-hydrogen) atoms. The summed E-state index contributed by atoms with van der Waals surface area (Å²) < 4.78 is 0. The van der Waals surface area contributed by atoms with E-state index in [1.807, 2.05) is 0 Å². The van der Waals surface area contributed by atoms with Crippen molar-refractivity contribution in [2.45, 2.75) is 109 Å². The number of nitrogens with one attached hydrogen (secondary N) is 1. The van der Waals surface area contributed by atoms with Crippen LogP contribution in [0.25, 0.3) is 0 Å². The molecule has 6 rings (SSSR count). The van der Waals surface area contributed by atoms with Crippen LogP contribution in [0, 0.1) is 46.8 Å². The van der Waals surface area contributed by atoms with Gasteiger partial charge >= 0.3 is 0 Å². The first-order valence-electron chi connectivity index (χ1n) is 17.6. The minimum Gasteiger partial charge on any atom is -0.385 e. The van der Waals surface area contributed by atoms with Crippen LogP contribution in [0.4, 0.5) is 0 Å². The molecule has 0 radical (unpaired) electrons. The molecule has 4 fully saturated rings. The van der Waals surface area contributed by atoms with Gasteiger partial charge in [0.1, 0.15) is 5.60 Å². The van der Waals surface area contributed by atoms with E-state index in [1.165, 1.54) is 11.1 Å². The third-order valence-corrected chi connectivity index (χ3v) is 13.9. The largest absolute Gasteiger partial charge is 0.385 e. The topological polar surface area (TPSA) is 74.2 Å². The van der Waals surface area contributed by atoms with Crippen molar-refractivity contribution in [1.82, 2.24) is 10.2 Å². The molecule has 244 valence electrons. The molecule has 6 nitrogen and oxygen atoms in total. The highest BCUT2D eigenvalue weighted by Gasteiger charge is 2.63. The van der Waals surface area contributed by atoms with Gasteiger partial charge in [0.2, 0.25) is 0 Å². The number of carbonyl (C=O) groups is 1. The van der Waals surface area contributed by atoms with Crippen molar-refractivity contribution in [2.24, 2.45) is 39.7 Å². The molecule has 5 aliphatic rings. The summed E-state index contributed by atoms with van der Waals surface area (Å²) in [5.41, 5.74) is 2.90. The maximum Gasteiger partial charge on any atom is 0.260 e. The number of hydrogen-bond acceptors (Lipinski definition) is 5. The summed E-state index contributed by atoms with van der Waals surface area (Å²) in [5, 5.41) is 18.9. The molecule has 1 heterocycles. The van der Waals surface area contributed by atoms with Crippen LogP contribution >= 0.6 is 0 Å². The average molecular weight is 614 g/mol. The van der Waals surface area contributed by atoms with Crippen molar-refractivity contribution in [3.63, 3.8) is 0 Å². The Kier molecular flexibility index (Phi) is 8.76. The summed E-state index contributed by atoms with van der Waals surface area (Å²) in [7, 11) is 2.21. The molecule has 1 aromatic carbocycles. The van der Waals surface area contributed by atoms with E-state index in [2.05, 4.69) is 92.4 Å². The van der Waals surface area contributed by atoms with Gasteiger partial charge in [-0.15, -0.1) is 6.42 Å². The fourth-order valence-corrected chi connectivity index (χ4v) is 10.9. The van der Waals surface area contributed by atoms with Crippen LogP contribution in [-0.2, 0) is 15.0 Å². The normalized spacial score (nSPS) is 42.1. The average Bonchev–Trinajstić information content (AvgIpc) is 3.31. The third-order valence-electron chi connectivity index (χ3n) is 13.9. The summed E-state index contributed by atoms with van der Waals surface area (Å²) in [6.07, 6.45) is 18.2. The Morgan fingerprint density at radius 1 is 1.11 bits per heavy atom. The second-order valence-electron chi connectivity index (χ2n) is 15.9. The Hall–Kier alpha value is -2.62. The molecular formula is C39H55N3O3.